The Morgan fingerprint density at radius 3 is 2.81 bits per heavy atom. The first-order valence-electron chi connectivity index (χ1n) is 10.4. The van der Waals surface area contributed by atoms with Crippen LogP contribution in [0.2, 0.25) is 0 Å². The van der Waals surface area contributed by atoms with Gasteiger partial charge in [-0.25, -0.2) is 4.98 Å². The Morgan fingerprint density at radius 1 is 1.13 bits per heavy atom. The van der Waals surface area contributed by atoms with Gasteiger partial charge in [0.1, 0.15) is 0 Å². The highest BCUT2D eigenvalue weighted by atomic mass is 127. The zero-order chi connectivity index (χ0) is 21.5. The van der Waals surface area contributed by atoms with E-state index in [9.17, 15) is 4.79 Å². The highest BCUT2D eigenvalue weighted by Crippen LogP contribution is 2.32. The Kier molecular flexibility index (Phi) is 5.75. The molecule has 0 radical (unpaired) electrons. The summed E-state index contributed by atoms with van der Waals surface area (Å²) >= 11 is 5.83. The number of hydrogen-bond donors (Lipinski definition) is 3. The molecule has 5 nitrogen and oxygen atoms in total. The molecule has 1 amide bonds. The van der Waals surface area contributed by atoms with Crippen LogP contribution in [0.15, 0.2) is 53.1 Å². The lowest BCUT2D eigenvalue weighted by Crippen LogP contribution is -2.49. The van der Waals surface area contributed by atoms with Crippen molar-refractivity contribution in [3.63, 3.8) is 0 Å². The number of H-pyrrole nitrogens is 1. The summed E-state index contributed by atoms with van der Waals surface area (Å²) < 4.78 is 2.07. The molecule has 31 heavy (non-hydrogen) atoms. The maximum atomic E-state index is 13.4. The van der Waals surface area contributed by atoms with Crippen LogP contribution in [0.3, 0.4) is 0 Å². The molecule has 0 spiro atoms. The average Bonchev–Trinajstić information content (AvgIpc) is 3.17. The van der Waals surface area contributed by atoms with E-state index in [0.717, 1.165) is 66.8 Å². The highest BCUT2D eigenvalue weighted by molar-refractivity contribution is 14.1. The smallest absolute Gasteiger partial charge is 0.252 e. The van der Waals surface area contributed by atoms with Crippen LogP contribution in [-0.2, 0) is 0 Å². The number of hydrogen-bond acceptors (Lipinski definition) is 3. The van der Waals surface area contributed by atoms with Crippen molar-refractivity contribution in [2.75, 3.05) is 0 Å². The molecule has 0 aliphatic heterocycles. The van der Waals surface area contributed by atoms with Crippen LogP contribution in [0, 0.1) is 3.57 Å². The van der Waals surface area contributed by atoms with Crippen molar-refractivity contribution in [3.8, 4) is 11.3 Å². The zero-order valence-electron chi connectivity index (χ0n) is 16.8. The molecule has 0 bridgehead atoms. The first-order chi connectivity index (χ1) is 15.0. The summed E-state index contributed by atoms with van der Waals surface area (Å²) in [7, 11) is 0. The lowest BCUT2D eigenvalue weighted by Gasteiger charge is -2.29. The van der Waals surface area contributed by atoms with Gasteiger partial charge in [0, 0.05) is 48.2 Å². The van der Waals surface area contributed by atoms with Crippen LogP contribution in [0.1, 0.15) is 36.0 Å². The van der Waals surface area contributed by atoms with Crippen molar-refractivity contribution < 1.29 is 4.79 Å². The van der Waals surface area contributed by atoms with E-state index in [4.69, 9.17) is 10.7 Å². The average molecular weight is 589 g/mol. The second-order valence-electron chi connectivity index (χ2n) is 8.14. The minimum Gasteiger partial charge on any atom is -0.360 e. The van der Waals surface area contributed by atoms with Gasteiger partial charge in [0.15, 0.2) is 0 Å². The van der Waals surface area contributed by atoms with Gasteiger partial charge in [0.2, 0.25) is 0 Å². The fraction of sp³-hybridized carbons (Fsp3) is 0.250. The third kappa shape index (κ3) is 4.10. The summed E-state index contributed by atoms with van der Waals surface area (Å²) in [5.41, 5.74) is 10.5. The molecule has 7 heteroatoms. The molecule has 2 aromatic carbocycles. The topological polar surface area (TPSA) is 83.8 Å². The molecule has 2 aromatic heterocycles. The van der Waals surface area contributed by atoms with E-state index in [1.165, 1.54) is 0 Å². The van der Waals surface area contributed by atoms with Crippen LogP contribution in [0.5, 0.6) is 0 Å². The van der Waals surface area contributed by atoms with Crippen molar-refractivity contribution in [3.05, 3.63) is 62.3 Å². The van der Waals surface area contributed by atoms with Gasteiger partial charge in [0.25, 0.3) is 5.91 Å². The van der Waals surface area contributed by atoms with E-state index in [1.54, 1.807) is 0 Å². The molecule has 4 N–H and O–H groups in total. The van der Waals surface area contributed by atoms with Gasteiger partial charge < -0.3 is 16.0 Å². The SMILES string of the molecule is NC1CCCCC1NC(=O)c1cc(-c2c[nH]c3ccc(Br)cc23)nc2ccc(I)cc12. The Labute approximate surface area is 202 Å². The number of nitrogens with two attached hydrogens (primary N) is 1. The van der Waals surface area contributed by atoms with Gasteiger partial charge in [0.05, 0.1) is 16.8 Å². The fourth-order valence-electron chi connectivity index (χ4n) is 4.41. The second kappa shape index (κ2) is 8.52. The fourth-order valence-corrected chi connectivity index (χ4v) is 5.27. The number of carbonyl (C=O) groups is 1. The summed E-state index contributed by atoms with van der Waals surface area (Å²) in [4.78, 5) is 21.6. The monoisotopic (exact) mass is 588 g/mol. The number of fused-ring (bicyclic) bond motifs is 2. The summed E-state index contributed by atoms with van der Waals surface area (Å²) in [5, 5.41) is 5.13. The van der Waals surface area contributed by atoms with E-state index in [2.05, 4.69) is 54.9 Å². The molecule has 1 aliphatic rings. The van der Waals surface area contributed by atoms with Gasteiger partial charge in [-0.05, 0) is 77.9 Å². The van der Waals surface area contributed by atoms with E-state index in [-0.39, 0.29) is 18.0 Å². The summed E-state index contributed by atoms with van der Waals surface area (Å²) in [6, 6.07) is 14.1. The minimum atomic E-state index is -0.0842. The normalized spacial score (nSPS) is 19.1. The van der Waals surface area contributed by atoms with Gasteiger partial charge in [-0.2, -0.15) is 0 Å². The number of halogens is 2. The molecule has 158 valence electrons. The molecule has 0 saturated heterocycles. The maximum absolute atomic E-state index is 13.4. The number of rotatable bonds is 3. The molecule has 2 unspecified atom stereocenters. The Bertz CT molecular complexity index is 1300. The molecular weight excluding hydrogens is 567 g/mol. The number of pyridine rings is 1. The van der Waals surface area contributed by atoms with Crippen LogP contribution < -0.4 is 11.1 Å². The maximum Gasteiger partial charge on any atom is 0.252 e. The van der Waals surface area contributed by atoms with Crippen LogP contribution in [0.25, 0.3) is 33.1 Å². The predicted molar refractivity (Wildman–Crippen MR) is 137 cm³/mol. The number of amides is 1. The second-order valence-corrected chi connectivity index (χ2v) is 10.3. The molecule has 5 rings (SSSR count). The number of nitrogens with one attached hydrogen (secondary N) is 2. The van der Waals surface area contributed by atoms with Gasteiger partial charge in [-0.1, -0.05) is 28.8 Å². The lowest BCUT2D eigenvalue weighted by atomic mass is 9.90. The molecule has 1 saturated carbocycles. The van der Waals surface area contributed by atoms with Crippen LogP contribution in [0.4, 0.5) is 0 Å². The molecule has 2 heterocycles. The third-order valence-electron chi connectivity index (χ3n) is 6.07. The molecule has 4 aromatic rings. The Balaban J connectivity index is 1.63. The predicted octanol–water partition coefficient (Wildman–Crippen LogP) is 5.75. The standard InChI is InChI=1S/C24H22BrIN4O/c25-13-5-7-20-15(9-13)18(12-28-20)23-11-17(16-10-14(26)6-8-21(16)29-23)24(31)30-22-4-2-1-3-19(22)27/h5-12,19,22,28H,1-4,27H2,(H,30,31). The van der Waals surface area contributed by atoms with E-state index < -0.39 is 0 Å². The van der Waals surface area contributed by atoms with Crippen molar-refractivity contribution in [1.82, 2.24) is 15.3 Å². The van der Waals surface area contributed by atoms with Crippen molar-refractivity contribution in [2.24, 2.45) is 5.73 Å². The third-order valence-corrected chi connectivity index (χ3v) is 7.24. The van der Waals surface area contributed by atoms with Crippen molar-refractivity contribution >= 4 is 66.2 Å². The van der Waals surface area contributed by atoms with Crippen LogP contribution in [-0.4, -0.2) is 28.0 Å². The number of nitrogens with zero attached hydrogens (tertiary/aromatic N) is 1. The van der Waals surface area contributed by atoms with E-state index in [0.29, 0.717) is 5.56 Å². The van der Waals surface area contributed by atoms with Gasteiger partial charge in [-0.15, -0.1) is 0 Å². The first kappa shape index (κ1) is 20.9. The number of benzene rings is 2. The van der Waals surface area contributed by atoms with Gasteiger partial charge >= 0.3 is 0 Å². The van der Waals surface area contributed by atoms with Gasteiger partial charge in [-0.3, -0.25) is 4.79 Å². The van der Waals surface area contributed by atoms with E-state index in [1.807, 2.05) is 42.6 Å². The highest BCUT2D eigenvalue weighted by Gasteiger charge is 2.25. The zero-order valence-corrected chi connectivity index (χ0v) is 20.5. The van der Waals surface area contributed by atoms with Crippen LogP contribution >= 0.6 is 38.5 Å². The Hall–Kier alpha value is -1.97. The quantitative estimate of drug-likeness (QED) is 0.266. The Morgan fingerprint density at radius 2 is 1.97 bits per heavy atom. The van der Waals surface area contributed by atoms with Crippen molar-refractivity contribution in [1.29, 1.82) is 0 Å². The largest absolute Gasteiger partial charge is 0.360 e. The number of aromatic nitrogens is 2. The first-order valence-corrected chi connectivity index (χ1v) is 12.3. The summed E-state index contributed by atoms with van der Waals surface area (Å²) in [6.07, 6.45) is 6.07. The molecule has 1 aliphatic carbocycles. The summed E-state index contributed by atoms with van der Waals surface area (Å²) in [5.74, 6) is -0.0842. The van der Waals surface area contributed by atoms with Crippen molar-refractivity contribution in [2.45, 2.75) is 37.8 Å². The molecular formula is C24H22BrIN4O. The van der Waals surface area contributed by atoms with E-state index >= 15 is 0 Å². The lowest BCUT2D eigenvalue weighted by molar-refractivity contribution is 0.0923. The minimum absolute atomic E-state index is 0.0105. The number of aromatic amines is 1. The number of carbonyl (C=O) groups excluding carboxylic acids is 1. The molecule has 1 fully saturated rings. The molecule has 2 atom stereocenters. The summed E-state index contributed by atoms with van der Waals surface area (Å²) in [6.45, 7) is 0.